The van der Waals surface area contributed by atoms with Gasteiger partial charge in [-0.25, -0.2) is 4.39 Å². The predicted molar refractivity (Wildman–Crippen MR) is 151 cm³/mol. The average Bonchev–Trinajstić information content (AvgIpc) is 2.83. The van der Waals surface area contributed by atoms with Gasteiger partial charge in [-0.3, -0.25) is 4.90 Å². The highest BCUT2D eigenvalue weighted by atomic mass is 19.1. The molecule has 2 aromatic carbocycles. The van der Waals surface area contributed by atoms with Gasteiger partial charge in [-0.2, -0.15) is 0 Å². The molecule has 36 heavy (non-hydrogen) atoms. The van der Waals surface area contributed by atoms with Gasteiger partial charge in [0, 0.05) is 17.9 Å². The van der Waals surface area contributed by atoms with Crippen LogP contribution in [-0.4, -0.2) is 18.0 Å². The first-order valence-corrected chi connectivity index (χ1v) is 13.7. The van der Waals surface area contributed by atoms with Crippen molar-refractivity contribution in [3.63, 3.8) is 0 Å². The molecule has 3 heteroatoms. The van der Waals surface area contributed by atoms with Crippen LogP contribution in [0.25, 0.3) is 5.57 Å². The molecule has 2 heterocycles. The van der Waals surface area contributed by atoms with E-state index in [1.165, 1.54) is 16.7 Å². The molecule has 0 bridgehead atoms. The Morgan fingerprint density at radius 2 is 1.86 bits per heavy atom. The Kier molecular flexibility index (Phi) is 8.51. The van der Waals surface area contributed by atoms with Crippen molar-refractivity contribution in [2.45, 2.75) is 78.2 Å². The minimum absolute atomic E-state index is 0.0509. The van der Waals surface area contributed by atoms with Gasteiger partial charge in [0.1, 0.15) is 5.82 Å². The van der Waals surface area contributed by atoms with E-state index < -0.39 is 0 Å². The van der Waals surface area contributed by atoms with Crippen molar-refractivity contribution in [3.05, 3.63) is 101 Å². The number of hydrogen-bond acceptors (Lipinski definition) is 2. The van der Waals surface area contributed by atoms with Crippen molar-refractivity contribution in [2.24, 2.45) is 5.92 Å². The molecule has 2 aromatic rings. The number of benzene rings is 2. The lowest BCUT2D eigenvalue weighted by molar-refractivity contribution is 0.204. The number of nitrogens with one attached hydrogen (secondary N) is 1. The molecule has 0 radical (unpaired) electrons. The summed E-state index contributed by atoms with van der Waals surface area (Å²) in [6.45, 7) is 21.6. The molecule has 2 saturated heterocycles. The van der Waals surface area contributed by atoms with Gasteiger partial charge in [0.15, 0.2) is 0 Å². The molecule has 4 rings (SSSR count). The van der Waals surface area contributed by atoms with Crippen LogP contribution in [0.1, 0.15) is 85.3 Å². The number of aryl methyl sites for hydroxylation is 2. The second-order valence-electron chi connectivity index (χ2n) is 11.0. The molecule has 0 spiro atoms. The van der Waals surface area contributed by atoms with Gasteiger partial charge < -0.3 is 5.32 Å². The Balaban J connectivity index is 1.39. The van der Waals surface area contributed by atoms with Gasteiger partial charge in [0.25, 0.3) is 0 Å². The van der Waals surface area contributed by atoms with Gasteiger partial charge in [-0.05, 0) is 123 Å². The Morgan fingerprint density at radius 1 is 1.11 bits per heavy atom. The van der Waals surface area contributed by atoms with Crippen LogP contribution in [0.3, 0.4) is 0 Å². The van der Waals surface area contributed by atoms with Crippen molar-refractivity contribution in [1.82, 2.24) is 10.2 Å². The molecular weight excluding hydrogens is 443 g/mol. The number of halogens is 1. The lowest BCUT2D eigenvalue weighted by Gasteiger charge is -2.33. The molecule has 0 saturated carbocycles. The maximum absolute atomic E-state index is 14.5. The third-order valence-electron chi connectivity index (χ3n) is 8.27. The molecule has 2 aliphatic rings. The van der Waals surface area contributed by atoms with Gasteiger partial charge >= 0.3 is 0 Å². The second kappa shape index (κ2) is 11.6. The molecular formula is C33H43FN2. The number of piperidine rings is 2. The smallest absolute Gasteiger partial charge is 0.126 e. The first kappa shape index (κ1) is 26.4. The molecule has 1 N–H and O–H groups in total. The van der Waals surface area contributed by atoms with Crippen LogP contribution < -0.4 is 5.32 Å². The lowest BCUT2D eigenvalue weighted by Crippen LogP contribution is -2.32. The van der Waals surface area contributed by atoms with E-state index in [1.807, 2.05) is 13.8 Å². The molecule has 0 amide bonds. The summed E-state index contributed by atoms with van der Waals surface area (Å²) < 4.78 is 14.5. The van der Waals surface area contributed by atoms with Crippen LogP contribution >= 0.6 is 0 Å². The summed E-state index contributed by atoms with van der Waals surface area (Å²) in [5.74, 6) is 1.03. The highest BCUT2D eigenvalue weighted by molar-refractivity contribution is 5.65. The number of nitrogens with zero attached hydrogens (tertiary/aromatic N) is 1. The predicted octanol–water partition coefficient (Wildman–Crippen LogP) is 8.07. The molecule has 0 aromatic heterocycles. The van der Waals surface area contributed by atoms with E-state index in [0.717, 1.165) is 98.2 Å². The highest BCUT2D eigenvalue weighted by Crippen LogP contribution is 2.33. The molecule has 0 aliphatic carbocycles. The summed E-state index contributed by atoms with van der Waals surface area (Å²) in [4.78, 5) is 2.48. The zero-order chi connectivity index (χ0) is 25.8. The van der Waals surface area contributed by atoms with Crippen LogP contribution in [0.4, 0.5) is 4.39 Å². The molecule has 1 atom stereocenters. The second-order valence-corrected chi connectivity index (χ2v) is 11.0. The maximum atomic E-state index is 14.5. The first-order valence-electron chi connectivity index (χ1n) is 13.7. The maximum Gasteiger partial charge on any atom is 0.126 e. The van der Waals surface area contributed by atoms with Crippen LogP contribution in [0.5, 0.6) is 0 Å². The number of rotatable bonds is 8. The molecule has 192 valence electrons. The van der Waals surface area contributed by atoms with Crippen LogP contribution in [0.2, 0.25) is 0 Å². The van der Waals surface area contributed by atoms with Gasteiger partial charge in [0.05, 0.1) is 0 Å². The van der Waals surface area contributed by atoms with E-state index in [1.54, 1.807) is 6.07 Å². The SMILES string of the molecule is C=C1CCC(CCc2cc(C3CCN(Cc4cc(C)c(CC)c(F)c4)CC3)ccc2C(=C)C)C(=C)N1. The normalized spacial score (nSPS) is 19.4. The summed E-state index contributed by atoms with van der Waals surface area (Å²) in [5.41, 5.74) is 10.5. The Hall–Kier alpha value is -2.65. The zero-order valence-corrected chi connectivity index (χ0v) is 22.6. The number of hydrogen-bond donors (Lipinski definition) is 1. The fourth-order valence-corrected chi connectivity index (χ4v) is 6.12. The van der Waals surface area contributed by atoms with Crippen molar-refractivity contribution in [2.75, 3.05) is 13.1 Å². The highest BCUT2D eigenvalue weighted by Gasteiger charge is 2.23. The van der Waals surface area contributed by atoms with Crippen LogP contribution in [0, 0.1) is 18.7 Å². The largest absolute Gasteiger partial charge is 0.363 e. The molecule has 2 aliphatic heterocycles. The van der Waals surface area contributed by atoms with Crippen molar-refractivity contribution in [1.29, 1.82) is 0 Å². The first-order chi connectivity index (χ1) is 17.2. The molecule has 2 nitrogen and oxygen atoms in total. The molecule has 2 fully saturated rings. The van der Waals surface area contributed by atoms with E-state index in [4.69, 9.17) is 0 Å². The fraction of sp³-hybridized carbons (Fsp3) is 0.455. The summed E-state index contributed by atoms with van der Waals surface area (Å²) in [7, 11) is 0. The fourth-order valence-electron chi connectivity index (χ4n) is 6.12. The quantitative estimate of drug-likeness (QED) is 0.406. The Bertz CT molecular complexity index is 1110. The third kappa shape index (κ3) is 6.18. The topological polar surface area (TPSA) is 15.3 Å². The Morgan fingerprint density at radius 3 is 2.50 bits per heavy atom. The standard InChI is InChI=1S/C33H43FN2/c1-7-31-23(4)18-26(19-33(31)34)21-36-16-14-28(15-17-36)29-12-13-32(22(2)3)30(20-29)11-10-27-9-8-24(5)35-25(27)6/h12-13,18-20,27-28,35H,2,5-11,14-17,21H2,1,3-4H3. The van der Waals surface area contributed by atoms with E-state index in [0.29, 0.717) is 11.8 Å². The zero-order valence-electron chi connectivity index (χ0n) is 22.6. The average molecular weight is 487 g/mol. The lowest BCUT2D eigenvalue weighted by atomic mass is 9.84. The summed E-state index contributed by atoms with van der Waals surface area (Å²) in [6, 6.07) is 11.0. The monoisotopic (exact) mass is 486 g/mol. The van der Waals surface area contributed by atoms with E-state index in [2.05, 4.69) is 61.1 Å². The van der Waals surface area contributed by atoms with Gasteiger partial charge in [-0.15, -0.1) is 0 Å². The van der Waals surface area contributed by atoms with Gasteiger partial charge in [-0.1, -0.05) is 56.5 Å². The van der Waals surface area contributed by atoms with Crippen LogP contribution in [-0.2, 0) is 19.4 Å². The summed E-state index contributed by atoms with van der Waals surface area (Å²) in [5, 5.41) is 3.37. The van der Waals surface area contributed by atoms with Crippen LogP contribution in [0.15, 0.2) is 61.5 Å². The van der Waals surface area contributed by atoms with Gasteiger partial charge in [0.2, 0.25) is 0 Å². The summed E-state index contributed by atoms with van der Waals surface area (Å²) >= 11 is 0. The molecule has 1 unspecified atom stereocenters. The van der Waals surface area contributed by atoms with E-state index >= 15 is 0 Å². The minimum atomic E-state index is -0.0509. The van der Waals surface area contributed by atoms with Crippen molar-refractivity contribution < 1.29 is 4.39 Å². The van der Waals surface area contributed by atoms with Crippen molar-refractivity contribution in [3.8, 4) is 0 Å². The number of likely N-dealkylation sites (tertiary alicyclic amines) is 1. The van der Waals surface area contributed by atoms with E-state index in [9.17, 15) is 4.39 Å². The van der Waals surface area contributed by atoms with Crippen molar-refractivity contribution >= 4 is 5.57 Å². The minimum Gasteiger partial charge on any atom is -0.363 e. The Labute approximate surface area is 218 Å². The third-order valence-corrected chi connectivity index (χ3v) is 8.27. The number of allylic oxidation sites excluding steroid dienone is 3. The van der Waals surface area contributed by atoms with E-state index in [-0.39, 0.29) is 5.82 Å². The summed E-state index contributed by atoms with van der Waals surface area (Å²) in [6.07, 6.45) is 7.36.